The molecule has 9 heteroatoms. The van der Waals surface area contributed by atoms with E-state index in [-0.39, 0.29) is 17.2 Å². The molecule has 1 amide bonds. The van der Waals surface area contributed by atoms with Gasteiger partial charge in [0.1, 0.15) is 11.5 Å². The predicted molar refractivity (Wildman–Crippen MR) is 148 cm³/mol. The van der Waals surface area contributed by atoms with Crippen LogP contribution in [0.3, 0.4) is 0 Å². The molecule has 2 aromatic heterocycles. The maximum atomic E-state index is 12.9. The van der Waals surface area contributed by atoms with Crippen molar-refractivity contribution in [1.82, 2.24) is 15.5 Å². The summed E-state index contributed by atoms with van der Waals surface area (Å²) in [7, 11) is 0. The maximum absolute atomic E-state index is 12.9. The van der Waals surface area contributed by atoms with E-state index >= 15 is 0 Å². The number of nitrogens with two attached hydrogens (primary N) is 1. The highest BCUT2D eigenvalue weighted by molar-refractivity contribution is 6.05. The van der Waals surface area contributed by atoms with Gasteiger partial charge < -0.3 is 26.2 Å². The molecule has 0 fully saturated rings. The molecule has 0 unspecified atom stereocenters. The second-order valence-electron chi connectivity index (χ2n) is 9.90. The van der Waals surface area contributed by atoms with Gasteiger partial charge in [-0.25, -0.2) is 9.98 Å². The minimum absolute atomic E-state index is 0.214. The van der Waals surface area contributed by atoms with Crippen LogP contribution < -0.4 is 21.7 Å². The Morgan fingerprint density at radius 3 is 2.73 bits per heavy atom. The van der Waals surface area contributed by atoms with Gasteiger partial charge in [-0.15, -0.1) is 0 Å². The van der Waals surface area contributed by atoms with Crippen LogP contribution in [-0.2, 0) is 5.41 Å². The lowest BCUT2D eigenvalue weighted by Crippen LogP contribution is -2.21. The number of amidine groups is 1. The largest absolute Gasteiger partial charge is 0.382 e. The van der Waals surface area contributed by atoms with E-state index in [0.29, 0.717) is 34.2 Å². The Balaban J connectivity index is 1.63. The molecule has 37 heavy (non-hydrogen) atoms. The van der Waals surface area contributed by atoms with Crippen LogP contribution in [0.5, 0.6) is 0 Å². The minimum atomic E-state index is -0.323. The number of pyridine rings is 1. The molecular weight excluding hydrogens is 466 g/mol. The van der Waals surface area contributed by atoms with E-state index < -0.39 is 0 Å². The molecule has 0 aliphatic carbocycles. The predicted octanol–water partition coefficient (Wildman–Crippen LogP) is 4.90. The maximum Gasteiger partial charge on any atom is 0.256 e. The van der Waals surface area contributed by atoms with Gasteiger partial charge in [0.05, 0.1) is 17.1 Å². The van der Waals surface area contributed by atoms with Crippen molar-refractivity contribution in [3.05, 3.63) is 83.5 Å². The van der Waals surface area contributed by atoms with Crippen LogP contribution in [-0.4, -0.2) is 35.0 Å². The second-order valence-corrected chi connectivity index (χ2v) is 9.90. The first-order valence-corrected chi connectivity index (χ1v) is 12.2. The van der Waals surface area contributed by atoms with Gasteiger partial charge in [-0.2, -0.15) is 0 Å². The molecule has 3 aromatic rings. The summed E-state index contributed by atoms with van der Waals surface area (Å²) in [6.07, 6.45) is 4.59. The molecule has 0 bridgehead atoms. The number of hydrogen-bond donors (Lipinski definition) is 4. The third-order valence-electron chi connectivity index (χ3n) is 5.99. The fourth-order valence-electron chi connectivity index (χ4n) is 3.84. The Morgan fingerprint density at radius 2 is 2.05 bits per heavy atom. The van der Waals surface area contributed by atoms with Crippen molar-refractivity contribution in [1.29, 1.82) is 0 Å². The van der Waals surface area contributed by atoms with E-state index in [1.807, 2.05) is 45.9 Å². The van der Waals surface area contributed by atoms with Gasteiger partial charge in [-0.1, -0.05) is 44.6 Å². The number of hydrogen-bond acceptors (Lipinski definition) is 7. The summed E-state index contributed by atoms with van der Waals surface area (Å²) in [5.74, 6) is 0.945. The molecule has 0 saturated heterocycles. The molecule has 1 aromatic carbocycles. The van der Waals surface area contributed by atoms with E-state index in [4.69, 9.17) is 15.2 Å². The van der Waals surface area contributed by atoms with Crippen LogP contribution in [0.25, 0.3) is 5.57 Å². The van der Waals surface area contributed by atoms with E-state index in [9.17, 15) is 4.79 Å². The van der Waals surface area contributed by atoms with Crippen molar-refractivity contribution >= 4 is 34.5 Å². The van der Waals surface area contributed by atoms with Gasteiger partial charge in [-0.3, -0.25) is 4.79 Å². The van der Waals surface area contributed by atoms with Crippen LogP contribution in [0, 0.1) is 6.92 Å². The number of carbonyl (C=O) groups excluding carboxylic acids is 1. The Hall–Kier alpha value is -4.24. The number of carbonyl (C=O) groups is 1. The smallest absolute Gasteiger partial charge is 0.256 e. The monoisotopic (exact) mass is 499 g/mol. The number of amides is 1. The number of rotatable bonds is 7. The van der Waals surface area contributed by atoms with Crippen molar-refractivity contribution < 1.29 is 9.32 Å². The highest BCUT2D eigenvalue weighted by atomic mass is 16.5. The molecule has 0 spiro atoms. The van der Waals surface area contributed by atoms with Crippen molar-refractivity contribution in [3.63, 3.8) is 0 Å². The zero-order chi connectivity index (χ0) is 26.6. The van der Waals surface area contributed by atoms with Gasteiger partial charge in [0, 0.05) is 23.6 Å². The Morgan fingerprint density at radius 1 is 1.24 bits per heavy atom. The molecule has 9 nitrogen and oxygen atoms in total. The van der Waals surface area contributed by atoms with Crippen molar-refractivity contribution in [2.45, 2.75) is 39.5 Å². The molecule has 0 saturated carbocycles. The van der Waals surface area contributed by atoms with Crippen LogP contribution in [0.2, 0.25) is 0 Å². The molecular formula is C28H33N7O2. The molecule has 5 N–H and O–H groups in total. The average molecular weight is 500 g/mol. The van der Waals surface area contributed by atoms with Crippen LogP contribution >= 0.6 is 0 Å². The van der Waals surface area contributed by atoms with Crippen molar-refractivity contribution in [3.8, 4) is 0 Å². The third kappa shape index (κ3) is 6.13. The molecule has 3 heterocycles. The van der Waals surface area contributed by atoms with Gasteiger partial charge in [0.25, 0.3) is 5.91 Å². The zero-order valence-electron chi connectivity index (χ0n) is 21.7. The minimum Gasteiger partial charge on any atom is -0.382 e. The van der Waals surface area contributed by atoms with E-state index in [1.54, 1.807) is 24.4 Å². The lowest BCUT2D eigenvalue weighted by atomic mass is 9.93. The second kappa shape index (κ2) is 10.8. The van der Waals surface area contributed by atoms with Gasteiger partial charge in [0.15, 0.2) is 11.7 Å². The number of benzene rings is 1. The molecule has 4 rings (SSSR count). The number of aryl methyl sites for hydroxylation is 1. The normalized spacial score (nSPS) is 14.2. The molecule has 1 aliphatic rings. The van der Waals surface area contributed by atoms with Crippen LogP contribution in [0.4, 0.5) is 17.2 Å². The third-order valence-corrected chi connectivity index (χ3v) is 5.99. The number of nitrogens with one attached hydrogen (secondary N) is 3. The summed E-state index contributed by atoms with van der Waals surface area (Å²) in [6, 6.07) is 10.9. The first-order valence-electron chi connectivity index (χ1n) is 12.2. The molecule has 1 aliphatic heterocycles. The Kier molecular flexibility index (Phi) is 7.54. The summed E-state index contributed by atoms with van der Waals surface area (Å²) in [5, 5.41) is 13.1. The number of aliphatic imine (C=N–C) groups is 1. The molecule has 0 radical (unpaired) electrons. The topological polar surface area (TPSA) is 130 Å². The highest BCUT2D eigenvalue weighted by Gasteiger charge is 2.21. The standard InChI is InChI=1S/C28H33N7O2/c1-6-31-21-10-9-20(18-11-13-30-14-12-18)32-25(21)26(29)33-22-15-19(8-7-17(22)2)27(36)34-24-16-23(37-35-24)28(3,4)5/h6-11,15-16,30-31H,1,12-14H2,2-5H3,(H2,29,33)(H,34,35,36). The number of anilines is 2. The van der Waals surface area contributed by atoms with E-state index in [2.05, 4.69) is 38.8 Å². The number of nitrogens with zero attached hydrogens (tertiary/aromatic N) is 3. The molecule has 192 valence electrons. The Labute approximate surface area is 217 Å². The summed E-state index contributed by atoms with van der Waals surface area (Å²) in [4.78, 5) is 22.4. The summed E-state index contributed by atoms with van der Waals surface area (Å²) in [5.41, 5.74) is 11.4. The first kappa shape index (κ1) is 25.8. The Bertz CT molecular complexity index is 1380. The lowest BCUT2D eigenvalue weighted by Gasteiger charge is -2.16. The van der Waals surface area contributed by atoms with Crippen molar-refractivity contribution in [2.75, 3.05) is 23.7 Å². The van der Waals surface area contributed by atoms with Gasteiger partial charge >= 0.3 is 0 Å². The quantitative estimate of drug-likeness (QED) is 0.269. The van der Waals surface area contributed by atoms with Crippen LogP contribution in [0.15, 0.2) is 64.8 Å². The fourth-order valence-corrected chi connectivity index (χ4v) is 3.84. The first-order chi connectivity index (χ1) is 17.7. The van der Waals surface area contributed by atoms with E-state index in [1.165, 1.54) is 0 Å². The highest BCUT2D eigenvalue weighted by Crippen LogP contribution is 2.27. The summed E-state index contributed by atoms with van der Waals surface area (Å²) >= 11 is 0. The number of aromatic nitrogens is 2. The van der Waals surface area contributed by atoms with Gasteiger partial charge in [-0.05, 0) is 61.5 Å². The SMILES string of the molecule is C=CNc1ccc(C2=CCNCC2)nc1C(N)=Nc1cc(C(=O)Nc2cc(C(C)(C)C)on2)ccc1C. The van der Waals surface area contributed by atoms with Crippen LogP contribution in [0.1, 0.15) is 60.3 Å². The zero-order valence-corrected chi connectivity index (χ0v) is 21.7. The summed E-state index contributed by atoms with van der Waals surface area (Å²) < 4.78 is 5.36. The summed E-state index contributed by atoms with van der Waals surface area (Å²) in [6.45, 7) is 13.4. The van der Waals surface area contributed by atoms with E-state index in [0.717, 1.165) is 36.3 Å². The fraction of sp³-hybridized carbons (Fsp3) is 0.286. The lowest BCUT2D eigenvalue weighted by molar-refractivity contribution is 0.102. The van der Waals surface area contributed by atoms with Crippen molar-refractivity contribution in [2.24, 2.45) is 10.7 Å². The average Bonchev–Trinajstić information content (AvgIpc) is 3.35. The van der Waals surface area contributed by atoms with Gasteiger partial charge in [0.2, 0.25) is 0 Å². The molecule has 0 atom stereocenters.